The van der Waals surface area contributed by atoms with Crippen molar-refractivity contribution >= 4 is 79.7 Å². The van der Waals surface area contributed by atoms with Crippen molar-refractivity contribution in [2.75, 3.05) is 13.2 Å². The van der Waals surface area contributed by atoms with Crippen molar-refractivity contribution < 1.29 is 18.3 Å². The SMILES string of the molecule is CCCCCCCCOc1ccc(-c2c3/c(=C(\C#N)c4nc5cc(C(C)(C)C)ccc5o4)n(B(c4ccccc4)c4ccccc4)c(-c4ccc(OCCCCCCCC)cc4)c3/c(=C(\C#N)c3nc4cc(C(C)(C)C)ccc4o3)n2B(c2ccccc2)c2ccccc2)cc1. The van der Waals surface area contributed by atoms with E-state index in [1.165, 1.54) is 51.4 Å². The molecule has 0 atom stereocenters. The monoisotopic (exact) mass is 1260 g/mol. The molecule has 0 unspecified atom stereocenters. The lowest BCUT2D eigenvalue weighted by molar-refractivity contribution is 0.304. The van der Waals surface area contributed by atoms with Gasteiger partial charge in [0.15, 0.2) is 11.2 Å². The van der Waals surface area contributed by atoms with Crippen LogP contribution in [0.4, 0.5) is 0 Å². The van der Waals surface area contributed by atoms with Gasteiger partial charge in [0.25, 0.3) is 0 Å². The zero-order valence-electron chi connectivity index (χ0n) is 57.0. The molecule has 0 aliphatic carbocycles. The van der Waals surface area contributed by atoms with Gasteiger partial charge in [-0.15, -0.1) is 0 Å². The molecule has 12 aromatic rings. The summed E-state index contributed by atoms with van der Waals surface area (Å²) in [6.45, 7) is 17.5. The van der Waals surface area contributed by atoms with Crippen LogP contribution in [0.5, 0.6) is 11.5 Å². The van der Waals surface area contributed by atoms with Crippen LogP contribution in [0.2, 0.25) is 0 Å². The van der Waals surface area contributed by atoms with Crippen molar-refractivity contribution in [3.8, 4) is 46.2 Å². The van der Waals surface area contributed by atoms with Crippen molar-refractivity contribution in [1.82, 2.24) is 18.9 Å². The van der Waals surface area contributed by atoms with E-state index in [-0.39, 0.29) is 33.8 Å². The quantitative estimate of drug-likeness (QED) is 0.0387. The number of ether oxygens (including phenoxy) is 2. The number of oxazole rings is 2. The highest BCUT2D eigenvalue weighted by molar-refractivity contribution is 6.85. The third-order valence-electron chi connectivity index (χ3n) is 18.6. The Hall–Kier alpha value is -10.0. The lowest BCUT2D eigenvalue weighted by Gasteiger charge is -2.24. The lowest BCUT2D eigenvalue weighted by Crippen LogP contribution is -2.54. The molecule has 0 spiro atoms. The Labute approximate surface area is 566 Å². The molecule has 12 rings (SSSR count). The van der Waals surface area contributed by atoms with Crippen molar-refractivity contribution in [3.63, 3.8) is 0 Å². The number of unbranched alkanes of at least 4 members (excludes halogenated alkanes) is 10. The van der Waals surface area contributed by atoms with Crippen LogP contribution in [0.15, 0.2) is 215 Å². The fourth-order valence-corrected chi connectivity index (χ4v) is 13.5. The van der Waals surface area contributed by atoms with Gasteiger partial charge >= 0.3 is 13.7 Å². The van der Waals surface area contributed by atoms with Crippen LogP contribution in [0.25, 0.3) is 66.6 Å². The van der Waals surface area contributed by atoms with E-state index in [4.69, 9.17) is 28.3 Å². The summed E-state index contributed by atoms with van der Waals surface area (Å²) in [5.41, 5.74) is 11.4. The molecule has 0 radical (unpaired) electrons. The Morgan fingerprint density at radius 2 is 0.740 bits per heavy atom. The van der Waals surface area contributed by atoms with Crippen molar-refractivity contribution in [2.45, 2.75) is 143 Å². The highest BCUT2D eigenvalue weighted by Crippen LogP contribution is 2.39. The van der Waals surface area contributed by atoms with Gasteiger partial charge in [-0.3, -0.25) is 0 Å². The maximum atomic E-state index is 12.6. The zero-order valence-corrected chi connectivity index (χ0v) is 57.0. The van der Waals surface area contributed by atoms with Gasteiger partial charge in [-0.25, -0.2) is 9.97 Å². The van der Waals surface area contributed by atoms with E-state index >= 15 is 0 Å². The van der Waals surface area contributed by atoms with Crippen LogP contribution in [0.3, 0.4) is 0 Å². The van der Waals surface area contributed by atoms with Crippen molar-refractivity contribution in [2.24, 2.45) is 0 Å². The Bertz CT molecular complexity index is 4450. The highest BCUT2D eigenvalue weighted by atomic mass is 16.5. The largest absolute Gasteiger partial charge is 0.494 e. The fraction of sp³-hybridized carbons (Fsp3) is 0.286. The van der Waals surface area contributed by atoms with Crippen molar-refractivity contribution in [3.05, 3.63) is 240 Å². The van der Waals surface area contributed by atoms with E-state index in [0.717, 1.165) is 92.7 Å². The molecular formula is C84H86B2N6O4. The van der Waals surface area contributed by atoms with Gasteiger partial charge in [-0.05, 0) is 119 Å². The molecule has 0 aliphatic heterocycles. The topological polar surface area (TPSA) is 128 Å². The van der Waals surface area contributed by atoms with Crippen LogP contribution in [-0.2, 0) is 10.8 Å². The van der Waals surface area contributed by atoms with E-state index in [1.54, 1.807) is 0 Å². The minimum atomic E-state index is -0.606. The Balaban J connectivity index is 1.31. The molecule has 0 N–H and O–H groups in total. The molecular weight excluding hydrogens is 1180 g/mol. The molecule has 4 heterocycles. The Morgan fingerprint density at radius 3 is 1.05 bits per heavy atom. The first kappa shape index (κ1) is 66.0. The number of nitrogens with zero attached hydrogens (tertiary/aromatic N) is 6. The number of aromatic nitrogens is 4. The van der Waals surface area contributed by atoms with Gasteiger partial charge in [0.2, 0.25) is 11.8 Å². The first-order valence-electron chi connectivity index (χ1n) is 34.6. The number of hydrogen-bond acceptors (Lipinski definition) is 8. The van der Waals surface area contributed by atoms with Crippen LogP contribution in [0.1, 0.15) is 155 Å². The van der Waals surface area contributed by atoms with Gasteiger partial charge in [0, 0.05) is 22.2 Å². The summed E-state index contributed by atoms with van der Waals surface area (Å²) in [6, 6.07) is 76.4. The predicted octanol–water partition coefficient (Wildman–Crippen LogP) is 16.9. The lowest BCUT2D eigenvalue weighted by atomic mass is 9.50. The number of rotatable bonds is 26. The number of hydrogen-bond donors (Lipinski definition) is 0. The summed E-state index contributed by atoms with van der Waals surface area (Å²) in [7, 11) is 0. The van der Waals surface area contributed by atoms with Gasteiger partial charge < -0.3 is 27.3 Å². The molecule has 0 amide bonds. The number of fused-ring (bicyclic) bond motifs is 3. The van der Waals surface area contributed by atoms with E-state index in [1.807, 2.05) is 36.4 Å². The smallest absolute Gasteiger partial charge is 0.328 e. The van der Waals surface area contributed by atoms with Gasteiger partial charge in [-0.2, -0.15) is 10.5 Å². The normalized spacial score (nSPS) is 12.4. The minimum Gasteiger partial charge on any atom is -0.494 e. The van der Waals surface area contributed by atoms with Crippen LogP contribution in [-0.4, -0.2) is 45.8 Å². The fourth-order valence-electron chi connectivity index (χ4n) is 13.5. The third kappa shape index (κ3) is 14.2. The average molecular weight is 1270 g/mol. The van der Waals surface area contributed by atoms with E-state index in [9.17, 15) is 10.5 Å². The second kappa shape index (κ2) is 29.7. The second-order valence-corrected chi connectivity index (χ2v) is 27.5. The van der Waals surface area contributed by atoms with Gasteiger partial charge in [0.1, 0.15) is 45.8 Å². The zero-order chi connectivity index (χ0) is 66.8. The molecule has 0 aliphatic rings. The number of nitriles is 2. The Kier molecular flexibility index (Phi) is 20.4. The first-order valence-corrected chi connectivity index (χ1v) is 34.6. The predicted molar refractivity (Wildman–Crippen MR) is 396 cm³/mol. The standard InChI is InChI=1S/C84H86B2N6O4/c1-9-11-13-15-17-31-53-93-67-47-41-59(42-48-67)77-75-76(80(91(77)85(63-33-23-19-24-34-63)64-35-25-20-26-36-64)70(58-88)82-90-72-56-62(84(6,7)8)46-52-74(72)96-82)78(60-43-49-68(50-44-60)94-54-32-18-16-14-12-10-2)92(86(65-37-27-21-28-38-65)66-39-29-22-30-40-66)79(75)69(57-87)81-89-71-55-61(83(3,4)5)45-51-73(71)95-81/h19-30,33-52,55-56H,9-18,31-32,53-54H2,1-8H3/b79-69-,80-70-. The van der Waals surface area contributed by atoms with Gasteiger partial charge in [-0.1, -0.05) is 275 Å². The summed E-state index contributed by atoms with van der Waals surface area (Å²) >= 11 is 0. The van der Waals surface area contributed by atoms with Gasteiger partial charge in [0.05, 0.1) is 23.9 Å². The Morgan fingerprint density at radius 1 is 0.417 bits per heavy atom. The molecule has 0 saturated heterocycles. The highest BCUT2D eigenvalue weighted by Gasteiger charge is 2.38. The molecule has 0 saturated carbocycles. The third-order valence-corrected chi connectivity index (χ3v) is 18.6. The molecule has 8 aromatic carbocycles. The molecule has 96 heavy (non-hydrogen) atoms. The summed E-state index contributed by atoms with van der Waals surface area (Å²) < 4.78 is 31.8. The second-order valence-electron chi connectivity index (χ2n) is 27.5. The summed E-state index contributed by atoms with van der Waals surface area (Å²) in [5, 5.41) is 27.6. The molecule has 10 nitrogen and oxygen atoms in total. The van der Waals surface area contributed by atoms with Crippen molar-refractivity contribution in [1.29, 1.82) is 10.5 Å². The first-order chi connectivity index (χ1) is 46.8. The molecule has 0 fully saturated rings. The summed E-state index contributed by atoms with van der Waals surface area (Å²) in [4.78, 5) is 10.7. The van der Waals surface area contributed by atoms with Crippen LogP contribution < -0.4 is 42.0 Å². The van der Waals surface area contributed by atoms with E-state index in [0.29, 0.717) is 56.9 Å². The molecule has 0 bridgehead atoms. The minimum absolute atomic E-state index is 0.156. The van der Waals surface area contributed by atoms with E-state index < -0.39 is 13.7 Å². The summed E-state index contributed by atoms with van der Waals surface area (Å²) in [5.74, 6) is 1.80. The van der Waals surface area contributed by atoms with Crippen LogP contribution in [0, 0.1) is 22.7 Å². The molecule has 482 valence electrons. The number of benzene rings is 8. The van der Waals surface area contributed by atoms with E-state index in [2.05, 4.69) is 246 Å². The maximum absolute atomic E-state index is 12.6. The molecule has 4 aromatic heterocycles. The maximum Gasteiger partial charge on any atom is 0.328 e. The summed E-state index contributed by atoms with van der Waals surface area (Å²) in [6.07, 6.45) is 13.8. The molecule has 12 heteroatoms. The van der Waals surface area contributed by atoms with Crippen LogP contribution >= 0.6 is 0 Å². The average Bonchev–Trinajstić information content (AvgIpc) is 1.52.